The standard InChI is InChI=1S/C16H23N3O3S/c1-11-8-19(9-12(2)22-11)16(21)17-7-15(20)18-5-3-14-13(10-18)4-6-23-14/h4,6,11-12H,3,5,7-10H2,1-2H3,(H,17,21). The van der Waals surface area contributed by atoms with Crippen LogP contribution in [0.5, 0.6) is 0 Å². The zero-order valence-corrected chi connectivity index (χ0v) is 14.4. The first-order valence-electron chi connectivity index (χ1n) is 8.04. The van der Waals surface area contributed by atoms with Crippen molar-refractivity contribution in [1.29, 1.82) is 0 Å². The fraction of sp³-hybridized carbons (Fsp3) is 0.625. The quantitative estimate of drug-likeness (QED) is 0.888. The van der Waals surface area contributed by atoms with Gasteiger partial charge in [-0.15, -0.1) is 11.3 Å². The minimum atomic E-state index is -0.186. The summed E-state index contributed by atoms with van der Waals surface area (Å²) in [7, 11) is 0. The molecule has 6 nitrogen and oxygen atoms in total. The number of ether oxygens (including phenoxy) is 1. The lowest BCUT2D eigenvalue weighted by molar-refractivity contribution is -0.131. The lowest BCUT2D eigenvalue weighted by Gasteiger charge is -2.35. The Kier molecular flexibility index (Phi) is 4.87. The van der Waals surface area contributed by atoms with Crippen LogP contribution in [-0.2, 0) is 22.5 Å². The van der Waals surface area contributed by atoms with Crippen LogP contribution in [0.15, 0.2) is 11.4 Å². The summed E-state index contributed by atoms with van der Waals surface area (Å²) in [6, 6.07) is 1.89. The van der Waals surface area contributed by atoms with E-state index >= 15 is 0 Å². The molecule has 2 aliphatic heterocycles. The maximum absolute atomic E-state index is 12.3. The van der Waals surface area contributed by atoms with Crippen molar-refractivity contribution < 1.29 is 14.3 Å². The van der Waals surface area contributed by atoms with Gasteiger partial charge in [0.2, 0.25) is 5.91 Å². The molecule has 126 valence electrons. The Morgan fingerprint density at radius 1 is 1.30 bits per heavy atom. The van der Waals surface area contributed by atoms with Crippen LogP contribution in [0.3, 0.4) is 0 Å². The largest absolute Gasteiger partial charge is 0.372 e. The number of urea groups is 1. The molecule has 0 aliphatic carbocycles. The van der Waals surface area contributed by atoms with Crippen LogP contribution in [0.1, 0.15) is 24.3 Å². The number of nitrogens with zero attached hydrogens (tertiary/aromatic N) is 2. The Morgan fingerprint density at radius 3 is 2.78 bits per heavy atom. The number of rotatable bonds is 2. The van der Waals surface area contributed by atoms with Gasteiger partial charge in [-0.3, -0.25) is 4.79 Å². The van der Waals surface area contributed by atoms with Crippen molar-refractivity contribution in [3.63, 3.8) is 0 Å². The molecular weight excluding hydrogens is 314 g/mol. The fourth-order valence-electron chi connectivity index (χ4n) is 3.18. The van der Waals surface area contributed by atoms with Gasteiger partial charge in [0.25, 0.3) is 0 Å². The minimum absolute atomic E-state index is 0.0236. The third-order valence-electron chi connectivity index (χ3n) is 4.26. The van der Waals surface area contributed by atoms with E-state index in [1.165, 1.54) is 10.4 Å². The van der Waals surface area contributed by atoms with E-state index in [1.807, 2.05) is 18.7 Å². The van der Waals surface area contributed by atoms with Crippen molar-refractivity contribution in [3.05, 3.63) is 21.9 Å². The highest BCUT2D eigenvalue weighted by Crippen LogP contribution is 2.23. The molecule has 3 rings (SSSR count). The molecule has 0 saturated carbocycles. The van der Waals surface area contributed by atoms with Gasteiger partial charge in [-0.2, -0.15) is 0 Å². The van der Waals surface area contributed by atoms with Gasteiger partial charge in [0.05, 0.1) is 18.8 Å². The number of carbonyl (C=O) groups excluding carboxylic acids is 2. The third-order valence-corrected chi connectivity index (χ3v) is 5.28. The molecule has 2 atom stereocenters. The van der Waals surface area contributed by atoms with Crippen molar-refractivity contribution >= 4 is 23.3 Å². The Morgan fingerprint density at radius 2 is 2.04 bits per heavy atom. The van der Waals surface area contributed by atoms with Gasteiger partial charge in [-0.25, -0.2) is 4.79 Å². The summed E-state index contributed by atoms with van der Waals surface area (Å²) in [6.07, 6.45) is 0.962. The highest BCUT2D eigenvalue weighted by atomic mass is 32.1. The molecule has 2 aliphatic rings. The van der Waals surface area contributed by atoms with Crippen molar-refractivity contribution in [2.75, 3.05) is 26.2 Å². The van der Waals surface area contributed by atoms with E-state index in [-0.39, 0.29) is 30.7 Å². The first-order chi connectivity index (χ1) is 11.0. The van der Waals surface area contributed by atoms with E-state index in [1.54, 1.807) is 16.2 Å². The molecule has 1 N–H and O–H groups in total. The SMILES string of the molecule is CC1CN(C(=O)NCC(=O)N2CCc3sccc3C2)CC(C)O1. The Labute approximate surface area is 140 Å². The van der Waals surface area contributed by atoms with Gasteiger partial charge in [-0.05, 0) is 37.3 Å². The molecule has 0 bridgehead atoms. The Hall–Kier alpha value is -1.60. The summed E-state index contributed by atoms with van der Waals surface area (Å²) in [4.78, 5) is 29.5. The highest BCUT2D eigenvalue weighted by Gasteiger charge is 2.27. The van der Waals surface area contributed by atoms with E-state index < -0.39 is 0 Å². The van der Waals surface area contributed by atoms with Gasteiger partial charge >= 0.3 is 6.03 Å². The maximum Gasteiger partial charge on any atom is 0.318 e. The summed E-state index contributed by atoms with van der Waals surface area (Å²) in [5, 5.41) is 4.82. The summed E-state index contributed by atoms with van der Waals surface area (Å²) in [5.41, 5.74) is 1.23. The predicted molar refractivity (Wildman–Crippen MR) is 88.4 cm³/mol. The van der Waals surface area contributed by atoms with Crippen molar-refractivity contribution in [1.82, 2.24) is 15.1 Å². The number of thiophene rings is 1. The van der Waals surface area contributed by atoms with Crippen molar-refractivity contribution in [2.45, 2.75) is 39.0 Å². The van der Waals surface area contributed by atoms with E-state index in [4.69, 9.17) is 4.74 Å². The minimum Gasteiger partial charge on any atom is -0.372 e. The number of fused-ring (bicyclic) bond motifs is 1. The van der Waals surface area contributed by atoms with Crippen molar-refractivity contribution in [2.24, 2.45) is 0 Å². The highest BCUT2D eigenvalue weighted by molar-refractivity contribution is 7.10. The van der Waals surface area contributed by atoms with Crippen LogP contribution < -0.4 is 5.32 Å². The summed E-state index contributed by atoms with van der Waals surface area (Å²) in [6.45, 7) is 6.46. The van der Waals surface area contributed by atoms with Gasteiger partial charge in [-0.1, -0.05) is 0 Å². The van der Waals surface area contributed by atoms with Crippen LogP contribution in [0.25, 0.3) is 0 Å². The Bertz CT molecular complexity index is 579. The lowest BCUT2D eigenvalue weighted by atomic mass is 10.1. The normalized spacial score (nSPS) is 24.3. The number of carbonyl (C=O) groups is 2. The van der Waals surface area contributed by atoms with Crippen molar-refractivity contribution in [3.8, 4) is 0 Å². The predicted octanol–water partition coefficient (Wildman–Crippen LogP) is 1.45. The number of hydrogen-bond acceptors (Lipinski definition) is 4. The third kappa shape index (κ3) is 3.84. The number of amides is 3. The first kappa shape index (κ1) is 16.3. The monoisotopic (exact) mass is 337 g/mol. The number of morpholine rings is 1. The molecule has 1 fully saturated rings. The van der Waals surface area contributed by atoms with Crippen LogP contribution in [0, 0.1) is 0 Å². The molecule has 1 aromatic heterocycles. The fourth-order valence-corrected chi connectivity index (χ4v) is 4.07. The molecule has 3 amide bonds. The topological polar surface area (TPSA) is 61.9 Å². The van der Waals surface area contributed by atoms with E-state index in [0.717, 1.165) is 13.0 Å². The van der Waals surface area contributed by atoms with Gasteiger partial charge < -0.3 is 19.9 Å². The molecule has 0 aromatic carbocycles. The van der Waals surface area contributed by atoms with E-state index in [0.29, 0.717) is 19.6 Å². The van der Waals surface area contributed by atoms with Gasteiger partial charge in [0.1, 0.15) is 0 Å². The Balaban J connectivity index is 1.48. The van der Waals surface area contributed by atoms with Crippen LogP contribution in [-0.4, -0.2) is 60.1 Å². The molecule has 2 unspecified atom stereocenters. The molecule has 0 spiro atoms. The van der Waals surface area contributed by atoms with Crippen LogP contribution in [0.4, 0.5) is 4.79 Å². The number of nitrogens with one attached hydrogen (secondary N) is 1. The second-order valence-corrected chi connectivity index (χ2v) is 7.26. The molecule has 7 heteroatoms. The van der Waals surface area contributed by atoms with Gasteiger partial charge in [0.15, 0.2) is 0 Å². The summed E-state index contributed by atoms with van der Waals surface area (Å²) >= 11 is 1.75. The summed E-state index contributed by atoms with van der Waals surface area (Å²) in [5.74, 6) is -0.0236. The molecule has 23 heavy (non-hydrogen) atoms. The van der Waals surface area contributed by atoms with E-state index in [2.05, 4.69) is 16.8 Å². The first-order valence-corrected chi connectivity index (χ1v) is 8.92. The lowest BCUT2D eigenvalue weighted by Crippen LogP contribution is -2.53. The molecular formula is C16H23N3O3S. The zero-order valence-electron chi connectivity index (χ0n) is 13.6. The van der Waals surface area contributed by atoms with Crippen LogP contribution >= 0.6 is 11.3 Å². The second kappa shape index (κ2) is 6.88. The number of hydrogen-bond donors (Lipinski definition) is 1. The molecule has 1 aromatic rings. The second-order valence-electron chi connectivity index (χ2n) is 6.26. The zero-order chi connectivity index (χ0) is 16.4. The molecule has 3 heterocycles. The maximum atomic E-state index is 12.3. The average molecular weight is 337 g/mol. The molecule has 1 saturated heterocycles. The van der Waals surface area contributed by atoms with E-state index in [9.17, 15) is 9.59 Å². The summed E-state index contributed by atoms with van der Waals surface area (Å²) < 4.78 is 5.62. The van der Waals surface area contributed by atoms with Gasteiger partial charge in [0, 0.05) is 31.1 Å². The average Bonchev–Trinajstić information content (AvgIpc) is 2.98. The molecule has 0 radical (unpaired) electrons. The smallest absolute Gasteiger partial charge is 0.318 e. The van der Waals surface area contributed by atoms with Crippen LogP contribution in [0.2, 0.25) is 0 Å².